The summed E-state index contributed by atoms with van der Waals surface area (Å²) in [5, 5.41) is 1.79. The van der Waals surface area contributed by atoms with Crippen LogP contribution in [0.25, 0.3) is 10.9 Å². The lowest BCUT2D eigenvalue weighted by Gasteiger charge is -2.26. The van der Waals surface area contributed by atoms with Crippen LogP contribution in [0.4, 0.5) is 0 Å². The van der Waals surface area contributed by atoms with E-state index < -0.39 is 0 Å². The molecular weight excluding hydrogens is 384 g/mol. The number of amides is 1. The van der Waals surface area contributed by atoms with Crippen molar-refractivity contribution < 1.29 is 9.53 Å². The molecule has 29 heavy (non-hydrogen) atoms. The van der Waals surface area contributed by atoms with Crippen LogP contribution >= 0.6 is 11.8 Å². The van der Waals surface area contributed by atoms with Gasteiger partial charge in [-0.15, -0.1) is 0 Å². The maximum absolute atomic E-state index is 13.0. The fourth-order valence-electron chi connectivity index (χ4n) is 3.98. The predicted octanol–water partition coefficient (Wildman–Crippen LogP) is 3.35. The first-order valence-corrected chi connectivity index (χ1v) is 11.6. The van der Waals surface area contributed by atoms with Gasteiger partial charge in [-0.2, -0.15) is 0 Å². The zero-order valence-corrected chi connectivity index (χ0v) is 18.0. The van der Waals surface area contributed by atoms with Gasteiger partial charge in [0, 0.05) is 31.6 Å². The van der Waals surface area contributed by atoms with Crippen molar-refractivity contribution in [1.29, 1.82) is 0 Å². The van der Waals surface area contributed by atoms with Gasteiger partial charge in [0.15, 0.2) is 0 Å². The first kappa shape index (κ1) is 20.6. The summed E-state index contributed by atoms with van der Waals surface area (Å²) in [6, 6.07) is 8.11. The zero-order chi connectivity index (χ0) is 20.1. The SMILES string of the molecule is CC(Sc1nc(CN2CCOCC2)nc2ccccc12)C(=O)N1CCCCCC1. The first-order chi connectivity index (χ1) is 14.2. The Morgan fingerprint density at radius 2 is 1.79 bits per heavy atom. The minimum atomic E-state index is -0.150. The van der Waals surface area contributed by atoms with E-state index in [0.29, 0.717) is 0 Å². The van der Waals surface area contributed by atoms with Crippen LogP contribution in [-0.4, -0.2) is 70.3 Å². The van der Waals surface area contributed by atoms with Gasteiger partial charge in [-0.1, -0.05) is 42.8 Å². The molecule has 1 unspecified atom stereocenters. The van der Waals surface area contributed by atoms with E-state index >= 15 is 0 Å². The number of ether oxygens (including phenoxy) is 1. The van der Waals surface area contributed by atoms with Gasteiger partial charge in [0.25, 0.3) is 0 Å². The van der Waals surface area contributed by atoms with Gasteiger partial charge >= 0.3 is 0 Å². The van der Waals surface area contributed by atoms with Gasteiger partial charge in [-0.3, -0.25) is 9.69 Å². The predicted molar refractivity (Wildman–Crippen MR) is 116 cm³/mol. The molecule has 2 fully saturated rings. The number of nitrogens with zero attached hydrogens (tertiary/aromatic N) is 4. The van der Waals surface area contributed by atoms with Crippen LogP contribution in [0.1, 0.15) is 38.4 Å². The zero-order valence-electron chi connectivity index (χ0n) is 17.2. The van der Waals surface area contributed by atoms with Crippen molar-refractivity contribution in [3.63, 3.8) is 0 Å². The third-order valence-electron chi connectivity index (χ3n) is 5.64. The van der Waals surface area contributed by atoms with Crippen LogP contribution in [0, 0.1) is 0 Å². The highest BCUT2D eigenvalue weighted by molar-refractivity contribution is 8.00. The Bertz CT molecular complexity index is 833. The molecule has 0 N–H and O–H groups in total. The molecule has 4 rings (SSSR count). The Kier molecular flexibility index (Phi) is 7.00. The van der Waals surface area contributed by atoms with Crippen LogP contribution in [0.2, 0.25) is 0 Å². The molecule has 6 nitrogen and oxygen atoms in total. The Hall–Kier alpha value is -1.70. The number of rotatable bonds is 5. The lowest BCUT2D eigenvalue weighted by molar-refractivity contribution is -0.130. The number of hydrogen-bond donors (Lipinski definition) is 0. The Morgan fingerprint density at radius 1 is 1.07 bits per heavy atom. The number of thioether (sulfide) groups is 1. The number of carbonyl (C=O) groups is 1. The summed E-state index contributed by atoms with van der Waals surface area (Å²) in [7, 11) is 0. The molecule has 1 atom stereocenters. The molecule has 2 aliphatic rings. The topological polar surface area (TPSA) is 58.6 Å². The molecule has 156 valence electrons. The van der Waals surface area contributed by atoms with Crippen molar-refractivity contribution in [2.75, 3.05) is 39.4 Å². The van der Waals surface area contributed by atoms with Crippen LogP contribution in [-0.2, 0) is 16.1 Å². The molecule has 0 bridgehead atoms. The van der Waals surface area contributed by atoms with E-state index in [1.165, 1.54) is 12.8 Å². The molecule has 1 aromatic carbocycles. The van der Waals surface area contributed by atoms with Crippen molar-refractivity contribution in [3.8, 4) is 0 Å². The Morgan fingerprint density at radius 3 is 2.55 bits per heavy atom. The van der Waals surface area contributed by atoms with E-state index in [1.807, 2.05) is 30.0 Å². The number of fused-ring (bicyclic) bond motifs is 1. The van der Waals surface area contributed by atoms with Gasteiger partial charge < -0.3 is 9.64 Å². The van der Waals surface area contributed by atoms with E-state index in [4.69, 9.17) is 14.7 Å². The number of likely N-dealkylation sites (tertiary alicyclic amines) is 1. The van der Waals surface area contributed by atoms with E-state index in [9.17, 15) is 4.79 Å². The van der Waals surface area contributed by atoms with Gasteiger partial charge in [-0.05, 0) is 25.8 Å². The van der Waals surface area contributed by atoms with Crippen LogP contribution in [0.5, 0.6) is 0 Å². The van der Waals surface area contributed by atoms with Gasteiger partial charge in [0.05, 0.1) is 30.5 Å². The average molecular weight is 415 g/mol. The third kappa shape index (κ3) is 5.27. The molecule has 2 aromatic rings. The van der Waals surface area contributed by atoms with E-state index in [-0.39, 0.29) is 11.2 Å². The monoisotopic (exact) mass is 414 g/mol. The molecule has 0 aliphatic carbocycles. The summed E-state index contributed by atoms with van der Waals surface area (Å²) >= 11 is 1.57. The summed E-state index contributed by atoms with van der Waals surface area (Å²) < 4.78 is 5.45. The number of aromatic nitrogens is 2. The molecular formula is C22H30N4O2S. The fourth-order valence-corrected chi connectivity index (χ4v) is 5.02. The number of carbonyl (C=O) groups excluding carboxylic acids is 1. The summed E-state index contributed by atoms with van der Waals surface area (Å²) in [4.78, 5) is 27.1. The summed E-state index contributed by atoms with van der Waals surface area (Å²) in [5.41, 5.74) is 0.947. The number of benzene rings is 1. The molecule has 2 aliphatic heterocycles. The third-order valence-corrected chi connectivity index (χ3v) is 6.73. The smallest absolute Gasteiger partial charge is 0.235 e. The number of para-hydroxylation sites is 1. The highest BCUT2D eigenvalue weighted by atomic mass is 32.2. The molecule has 0 radical (unpaired) electrons. The lowest BCUT2D eigenvalue weighted by Crippen LogP contribution is -2.37. The normalized spacial score (nSPS) is 19.8. The first-order valence-electron chi connectivity index (χ1n) is 10.7. The summed E-state index contributed by atoms with van der Waals surface area (Å²) in [6.07, 6.45) is 4.69. The van der Waals surface area contributed by atoms with Crippen molar-refractivity contribution in [2.24, 2.45) is 0 Å². The van der Waals surface area contributed by atoms with Gasteiger partial charge in [0.1, 0.15) is 10.9 Å². The Labute approximate surface area is 177 Å². The molecule has 1 amide bonds. The lowest BCUT2D eigenvalue weighted by atomic mass is 10.2. The van der Waals surface area contributed by atoms with Crippen LogP contribution in [0.3, 0.4) is 0 Å². The maximum atomic E-state index is 13.0. The molecule has 2 saturated heterocycles. The highest BCUT2D eigenvalue weighted by Crippen LogP contribution is 2.30. The van der Waals surface area contributed by atoms with Crippen LogP contribution in [0.15, 0.2) is 29.3 Å². The molecule has 0 spiro atoms. The summed E-state index contributed by atoms with van der Waals surface area (Å²) in [5.74, 6) is 1.05. The maximum Gasteiger partial charge on any atom is 0.235 e. The Balaban J connectivity index is 1.53. The van der Waals surface area contributed by atoms with E-state index in [1.54, 1.807) is 11.8 Å². The van der Waals surface area contributed by atoms with Crippen molar-refractivity contribution in [1.82, 2.24) is 19.8 Å². The largest absolute Gasteiger partial charge is 0.379 e. The number of hydrogen-bond acceptors (Lipinski definition) is 6. The average Bonchev–Trinajstić information content (AvgIpc) is 3.03. The fraction of sp³-hybridized carbons (Fsp3) is 0.591. The quantitative estimate of drug-likeness (QED) is 0.552. The molecule has 1 aromatic heterocycles. The number of morpholine rings is 1. The highest BCUT2D eigenvalue weighted by Gasteiger charge is 2.24. The van der Waals surface area contributed by atoms with Crippen molar-refractivity contribution in [3.05, 3.63) is 30.1 Å². The second-order valence-electron chi connectivity index (χ2n) is 7.85. The molecule has 3 heterocycles. The minimum Gasteiger partial charge on any atom is -0.379 e. The molecule has 7 heteroatoms. The van der Waals surface area contributed by atoms with Crippen molar-refractivity contribution >= 4 is 28.6 Å². The van der Waals surface area contributed by atoms with E-state index in [0.717, 1.165) is 80.5 Å². The second-order valence-corrected chi connectivity index (χ2v) is 9.18. The minimum absolute atomic E-state index is 0.150. The van der Waals surface area contributed by atoms with Gasteiger partial charge in [0.2, 0.25) is 5.91 Å². The van der Waals surface area contributed by atoms with Crippen molar-refractivity contribution in [2.45, 2.75) is 49.4 Å². The standard InChI is InChI=1S/C22H30N4O2S/c1-17(22(27)26-10-6-2-3-7-11-26)29-21-18-8-4-5-9-19(18)23-20(24-21)16-25-12-14-28-15-13-25/h4-5,8-9,17H,2-3,6-7,10-16H2,1H3. The molecule has 0 saturated carbocycles. The summed E-state index contributed by atoms with van der Waals surface area (Å²) in [6.45, 7) is 7.83. The van der Waals surface area contributed by atoms with Gasteiger partial charge in [-0.25, -0.2) is 9.97 Å². The second kappa shape index (κ2) is 9.87. The van der Waals surface area contributed by atoms with E-state index in [2.05, 4.69) is 11.0 Å². The van der Waals surface area contributed by atoms with Crippen LogP contribution < -0.4 is 0 Å².